The Balaban J connectivity index is 1.72. The van der Waals surface area contributed by atoms with Crippen LogP contribution in [0.2, 0.25) is 0 Å². The van der Waals surface area contributed by atoms with Crippen LogP contribution in [0.15, 0.2) is 12.3 Å². The Morgan fingerprint density at radius 1 is 1.53 bits per heavy atom. The highest BCUT2D eigenvalue weighted by molar-refractivity contribution is 7.80. The number of nitrogens with one attached hydrogen (secondary N) is 2. The second-order valence-electron chi connectivity index (χ2n) is 4.53. The summed E-state index contributed by atoms with van der Waals surface area (Å²) in [6, 6.07) is 2.14. The van der Waals surface area contributed by atoms with Crippen LogP contribution in [0.4, 0.5) is 5.82 Å². The van der Waals surface area contributed by atoms with Gasteiger partial charge in [-0.25, -0.2) is 0 Å². The minimum absolute atomic E-state index is 0.109. The largest absolute Gasteiger partial charge is 0.389 e. The van der Waals surface area contributed by atoms with Crippen LogP contribution in [0.5, 0.6) is 0 Å². The Labute approximate surface area is 117 Å². The molecule has 1 aromatic heterocycles. The molecule has 0 aromatic carbocycles. The van der Waals surface area contributed by atoms with Gasteiger partial charge in [-0.1, -0.05) is 12.2 Å². The van der Waals surface area contributed by atoms with Crippen LogP contribution in [0.1, 0.15) is 31.2 Å². The minimum atomic E-state index is 0.109. The van der Waals surface area contributed by atoms with Crippen molar-refractivity contribution < 1.29 is 4.79 Å². The van der Waals surface area contributed by atoms with Gasteiger partial charge in [-0.05, 0) is 25.3 Å². The molecule has 1 amide bonds. The lowest BCUT2D eigenvalue weighted by molar-refractivity contribution is -0.121. The number of hydrogen-bond acceptors (Lipinski definition) is 5. The van der Waals surface area contributed by atoms with Gasteiger partial charge >= 0.3 is 0 Å². The third-order valence-electron chi connectivity index (χ3n) is 2.80. The Kier molecular flexibility index (Phi) is 4.62. The topological polar surface area (TPSA) is 92.9 Å². The van der Waals surface area contributed by atoms with Gasteiger partial charge in [0, 0.05) is 19.0 Å². The number of carbonyl (C=O) groups excluding carboxylic acids is 1. The molecule has 6 nitrogen and oxygen atoms in total. The molecule has 1 saturated carbocycles. The van der Waals surface area contributed by atoms with Crippen LogP contribution in [-0.2, 0) is 4.79 Å². The van der Waals surface area contributed by atoms with Crippen molar-refractivity contribution >= 4 is 28.9 Å². The second-order valence-corrected chi connectivity index (χ2v) is 4.97. The van der Waals surface area contributed by atoms with Crippen molar-refractivity contribution in [1.29, 1.82) is 0 Å². The van der Waals surface area contributed by atoms with E-state index >= 15 is 0 Å². The molecule has 0 saturated heterocycles. The van der Waals surface area contributed by atoms with E-state index < -0.39 is 0 Å². The molecule has 0 aliphatic heterocycles. The summed E-state index contributed by atoms with van der Waals surface area (Å²) in [5, 5.41) is 13.8. The van der Waals surface area contributed by atoms with E-state index in [1.807, 2.05) is 0 Å². The van der Waals surface area contributed by atoms with E-state index in [1.165, 1.54) is 0 Å². The number of nitrogens with zero attached hydrogens (tertiary/aromatic N) is 2. The number of carbonyl (C=O) groups is 1. The lowest BCUT2D eigenvalue weighted by Gasteiger charge is -2.08. The fraction of sp³-hybridized carbons (Fsp3) is 0.500. The first-order chi connectivity index (χ1) is 9.16. The summed E-state index contributed by atoms with van der Waals surface area (Å²) in [4.78, 5) is 11.8. The Hall–Kier alpha value is -1.76. The fourth-order valence-electron chi connectivity index (χ4n) is 1.64. The molecule has 0 atom stereocenters. The van der Waals surface area contributed by atoms with Gasteiger partial charge in [-0.2, -0.15) is 5.10 Å². The maximum Gasteiger partial charge on any atom is 0.220 e. The highest BCUT2D eigenvalue weighted by atomic mass is 32.1. The monoisotopic (exact) mass is 279 g/mol. The van der Waals surface area contributed by atoms with E-state index in [4.69, 9.17) is 18.0 Å². The number of nitrogens with two attached hydrogens (primary N) is 1. The van der Waals surface area contributed by atoms with E-state index in [9.17, 15) is 4.79 Å². The smallest absolute Gasteiger partial charge is 0.220 e. The van der Waals surface area contributed by atoms with E-state index in [2.05, 4.69) is 20.8 Å². The third-order valence-corrected chi connectivity index (χ3v) is 3.02. The van der Waals surface area contributed by atoms with Crippen LogP contribution >= 0.6 is 12.2 Å². The van der Waals surface area contributed by atoms with Crippen LogP contribution in [0, 0.1) is 0 Å². The molecule has 1 aliphatic carbocycles. The average molecular weight is 279 g/mol. The number of amides is 1. The highest BCUT2D eigenvalue weighted by Crippen LogP contribution is 2.18. The third kappa shape index (κ3) is 4.44. The normalized spacial score (nSPS) is 13.9. The highest BCUT2D eigenvalue weighted by Gasteiger charge is 2.22. The minimum Gasteiger partial charge on any atom is -0.389 e. The van der Waals surface area contributed by atoms with Crippen LogP contribution < -0.4 is 16.4 Å². The van der Waals surface area contributed by atoms with Gasteiger partial charge < -0.3 is 16.4 Å². The van der Waals surface area contributed by atoms with Gasteiger partial charge in [0.1, 0.15) is 4.99 Å². The number of thiocarbonyl (C=S) groups is 1. The Morgan fingerprint density at radius 3 is 3.00 bits per heavy atom. The van der Waals surface area contributed by atoms with Gasteiger partial charge in [0.2, 0.25) is 5.91 Å². The van der Waals surface area contributed by atoms with Crippen molar-refractivity contribution in [1.82, 2.24) is 15.5 Å². The Morgan fingerprint density at radius 2 is 2.32 bits per heavy atom. The van der Waals surface area contributed by atoms with Crippen molar-refractivity contribution in [2.24, 2.45) is 5.73 Å². The average Bonchev–Trinajstić information content (AvgIpc) is 3.19. The predicted molar refractivity (Wildman–Crippen MR) is 76.8 cm³/mol. The molecule has 0 radical (unpaired) electrons. The maximum atomic E-state index is 11.5. The molecule has 1 heterocycles. The molecule has 7 heteroatoms. The summed E-state index contributed by atoms with van der Waals surface area (Å²) in [5.74, 6) is 0.676. The van der Waals surface area contributed by atoms with Gasteiger partial charge in [0.05, 0.1) is 11.8 Å². The summed E-state index contributed by atoms with van der Waals surface area (Å²) in [6.07, 6.45) is 5.00. The molecule has 1 aliphatic rings. The first kappa shape index (κ1) is 13.7. The van der Waals surface area contributed by atoms with Crippen LogP contribution in [-0.4, -0.2) is 33.7 Å². The molecule has 1 fully saturated rings. The van der Waals surface area contributed by atoms with Crippen molar-refractivity contribution in [3.8, 4) is 0 Å². The van der Waals surface area contributed by atoms with E-state index in [1.54, 1.807) is 12.3 Å². The first-order valence-corrected chi connectivity index (χ1v) is 6.72. The molecule has 0 unspecified atom stereocenters. The molecule has 1 aromatic rings. The van der Waals surface area contributed by atoms with Crippen molar-refractivity contribution in [3.05, 3.63) is 17.8 Å². The summed E-state index contributed by atoms with van der Waals surface area (Å²) in [6.45, 7) is 0.631. The summed E-state index contributed by atoms with van der Waals surface area (Å²) < 4.78 is 0. The van der Waals surface area contributed by atoms with Crippen molar-refractivity contribution in [3.63, 3.8) is 0 Å². The van der Waals surface area contributed by atoms with Crippen LogP contribution in [0.3, 0.4) is 0 Å². The zero-order valence-electron chi connectivity index (χ0n) is 10.6. The lowest BCUT2D eigenvalue weighted by atomic mass is 10.2. The van der Waals surface area contributed by atoms with Crippen molar-refractivity contribution in [2.45, 2.75) is 31.7 Å². The summed E-state index contributed by atoms with van der Waals surface area (Å²) in [7, 11) is 0. The van der Waals surface area contributed by atoms with Crippen LogP contribution in [0.25, 0.3) is 0 Å². The fourth-order valence-corrected chi connectivity index (χ4v) is 1.81. The Bertz CT molecular complexity index is 475. The number of hydrogen-bond donors (Lipinski definition) is 3. The quantitative estimate of drug-likeness (QED) is 0.499. The van der Waals surface area contributed by atoms with Gasteiger partial charge in [0.25, 0.3) is 0 Å². The molecule has 4 N–H and O–H groups in total. The van der Waals surface area contributed by atoms with Gasteiger partial charge in [-0.15, -0.1) is 5.10 Å². The molecular formula is C12H17N5OS. The van der Waals surface area contributed by atoms with Gasteiger partial charge in [-0.3, -0.25) is 4.79 Å². The number of aromatic nitrogens is 2. The predicted octanol–water partition coefficient (Wildman–Crippen LogP) is 0.581. The summed E-state index contributed by atoms with van der Waals surface area (Å²) >= 11 is 4.93. The molecule has 0 spiro atoms. The van der Waals surface area contributed by atoms with E-state index in [0.29, 0.717) is 30.4 Å². The first-order valence-electron chi connectivity index (χ1n) is 6.31. The molecule has 0 bridgehead atoms. The second kappa shape index (κ2) is 6.42. The molecule has 2 rings (SSSR count). The summed E-state index contributed by atoms with van der Waals surface area (Å²) in [5.41, 5.74) is 6.26. The van der Waals surface area contributed by atoms with E-state index in [-0.39, 0.29) is 10.9 Å². The maximum absolute atomic E-state index is 11.5. The number of rotatable bonds is 7. The molecular weight excluding hydrogens is 262 g/mol. The van der Waals surface area contributed by atoms with E-state index in [0.717, 1.165) is 19.3 Å². The number of anilines is 1. The van der Waals surface area contributed by atoms with Crippen molar-refractivity contribution in [2.75, 3.05) is 11.9 Å². The molecule has 19 heavy (non-hydrogen) atoms. The SMILES string of the molecule is NC(=S)c1ccnnc1NCCCC(=O)NC1CC1. The molecule has 102 valence electrons. The zero-order valence-corrected chi connectivity index (χ0v) is 11.4. The van der Waals surface area contributed by atoms with Gasteiger partial charge in [0.15, 0.2) is 5.82 Å². The standard InChI is InChI=1S/C12H17N5OS/c13-11(19)9-5-7-15-17-12(9)14-6-1-2-10(18)16-8-3-4-8/h5,7-8H,1-4,6H2,(H2,13,19)(H,14,17)(H,16,18). The lowest BCUT2D eigenvalue weighted by Crippen LogP contribution is -2.25. The zero-order chi connectivity index (χ0) is 13.7.